The second-order valence-electron chi connectivity index (χ2n) is 3.15. The summed E-state index contributed by atoms with van der Waals surface area (Å²) in [6, 6.07) is 1.64. The van der Waals surface area contributed by atoms with E-state index in [9.17, 15) is 4.79 Å². The first-order chi connectivity index (χ1) is 7.02. The van der Waals surface area contributed by atoms with Crippen LogP contribution in [0.3, 0.4) is 0 Å². The summed E-state index contributed by atoms with van der Waals surface area (Å²) in [5, 5.41) is 0.419. The molecule has 1 aromatic rings. The first-order valence-electron chi connectivity index (χ1n) is 4.45. The van der Waals surface area contributed by atoms with E-state index in [1.165, 1.54) is 21.1 Å². The van der Waals surface area contributed by atoms with Crippen LogP contribution in [0.4, 0.5) is 0 Å². The SMILES string of the molecule is COc1cc(C(C)=O)c(C)c(Cl)c1OC. The maximum Gasteiger partial charge on any atom is 0.179 e. The first kappa shape index (κ1) is 11.9. The Morgan fingerprint density at radius 1 is 1.33 bits per heavy atom. The van der Waals surface area contributed by atoms with Crippen molar-refractivity contribution in [3.05, 3.63) is 22.2 Å². The van der Waals surface area contributed by atoms with Crippen molar-refractivity contribution in [1.29, 1.82) is 0 Å². The van der Waals surface area contributed by atoms with E-state index in [-0.39, 0.29) is 5.78 Å². The molecule has 0 aliphatic heterocycles. The smallest absolute Gasteiger partial charge is 0.179 e. The summed E-state index contributed by atoms with van der Waals surface area (Å²) in [7, 11) is 3.02. The third-order valence-electron chi connectivity index (χ3n) is 2.24. The van der Waals surface area contributed by atoms with E-state index in [4.69, 9.17) is 21.1 Å². The van der Waals surface area contributed by atoms with Gasteiger partial charge in [0.25, 0.3) is 0 Å². The molecular formula is C11H13ClO3. The van der Waals surface area contributed by atoms with Gasteiger partial charge in [0.05, 0.1) is 19.2 Å². The molecule has 0 spiro atoms. The molecule has 1 aromatic carbocycles. The zero-order valence-corrected chi connectivity index (χ0v) is 9.94. The van der Waals surface area contributed by atoms with Gasteiger partial charge < -0.3 is 9.47 Å². The Morgan fingerprint density at radius 3 is 2.33 bits per heavy atom. The van der Waals surface area contributed by atoms with E-state index < -0.39 is 0 Å². The molecule has 0 aliphatic carbocycles. The molecule has 0 saturated carbocycles. The van der Waals surface area contributed by atoms with Gasteiger partial charge in [-0.25, -0.2) is 0 Å². The molecule has 4 heteroatoms. The third-order valence-corrected chi connectivity index (χ3v) is 2.69. The highest BCUT2D eigenvalue weighted by atomic mass is 35.5. The topological polar surface area (TPSA) is 35.5 Å². The fourth-order valence-corrected chi connectivity index (χ4v) is 1.68. The van der Waals surface area contributed by atoms with Gasteiger partial charge in [0.15, 0.2) is 17.3 Å². The quantitative estimate of drug-likeness (QED) is 0.747. The van der Waals surface area contributed by atoms with E-state index in [1.807, 2.05) is 0 Å². The number of Topliss-reactive ketones (excluding diaryl/α,β-unsaturated/α-hetero) is 1. The van der Waals surface area contributed by atoms with Gasteiger partial charge in [-0.1, -0.05) is 11.6 Å². The van der Waals surface area contributed by atoms with E-state index in [1.54, 1.807) is 13.0 Å². The standard InChI is InChI=1S/C11H13ClO3/c1-6-8(7(2)13)5-9(14-3)11(15-4)10(6)12/h5H,1-4H3. The van der Waals surface area contributed by atoms with Crippen molar-refractivity contribution >= 4 is 17.4 Å². The highest BCUT2D eigenvalue weighted by Gasteiger charge is 2.17. The molecule has 0 amide bonds. The molecule has 0 heterocycles. The number of rotatable bonds is 3. The molecule has 0 fully saturated rings. The summed E-state index contributed by atoms with van der Waals surface area (Å²) in [6.45, 7) is 3.27. The number of hydrogen-bond donors (Lipinski definition) is 0. The number of ketones is 1. The van der Waals surface area contributed by atoms with Gasteiger partial charge in [0.2, 0.25) is 0 Å². The zero-order valence-electron chi connectivity index (χ0n) is 9.18. The van der Waals surface area contributed by atoms with Crippen LogP contribution in [0.1, 0.15) is 22.8 Å². The Morgan fingerprint density at radius 2 is 1.93 bits per heavy atom. The lowest BCUT2D eigenvalue weighted by Gasteiger charge is -2.13. The van der Waals surface area contributed by atoms with Crippen molar-refractivity contribution in [2.75, 3.05) is 14.2 Å². The van der Waals surface area contributed by atoms with Crippen molar-refractivity contribution < 1.29 is 14.3 Å². The molecule has 0 unspecified atom stereocenters. The van der Waals surface area contributed by atoms with Crippen molar-refractivity contribution in [3.63, 3.8) is 0 Å². The van der Waals surface area contributed by atoms with Gasteiger partial charge in [-0.3, -0.25) is 4.79 Å². The van der Waals surface area contributed by atoms with E-state index in [2.05, 4.69) is 0 Å². The Kier molecular flexibility index (Phi) is 3.58. The maximum atomic E-state index is 11.3. The number of methoxy groups -OCH3 is 2. The van der Waals surface area contributed by atoms with Crippen molar-refractivity contribution in [2.45, 2.75) is 13.8 Å². The predicted molar refractivity (Wildman–Crippen MR) is 59.3 cm³/mol. The molecule has 0 N–H and O–H groups in total. The number of halogens is 1. The van der Waals surface area contributed by atoms with Crippen LogP contribution >= 0.6 is 11.6 Å². The van der Waals surface area contributed by atoms with Gasteiger partial charge >= 0.3 is 0 Å². The minimum Gasteiger partial charge on any atom is -0.493 e. The summed E-state index contributed by atoms with van der Waals surface area (Å²) in [5.41, 5.74) is 1.26. The predicted octanol–water partition coefficient (Wildman–Crippen LogP) is 2.87. The Balaban J connectivity index is 3.49. The number of carbonyl (C=O) groups is 1. The molecule has 0 bridgehead atoms. The van der Waals surface area contributed by atoms with Crippen molar-refractivity contribution in [3.8, 4) is 11.5 Å². The second-order valence-corrected chi connectivity index (χ2v) is 3.53. The average Bonchev–Trinajstić information content (AvgIpc) is 2.21. The number of hydrogen-bond acceptors (Lipinski definition) is 3. The molecule has 82 valence electrons. The number of carbonyl (C=O) groups excluding carboxylic acids is 1. The van der Waals surface area contributed by atoms with Crippen molar-refractivity contribution in [2.24, 2.45) is 0 Å². The fraction of sp³-hybridized carbons (Fsp3) is 0.364. The largest absolute Gasteiger partial charge is 0.493 e. The van der Waals surface area contributed by atoms with Crippen LogP contribution in [0.5, 0.6) is 11.5 Å². The monoisotopic (exact) mass is 228 g/mol. The van der Waals surface area contributed by atoms with Gasteiger partial charge in [-0.05, 0) is 25.5 Å². The maximum absolute atomic E-state index is 11.3. The lowest BCUT2D eigenvalue weighted by atomic mass is 10.0. The van der Waals surface area contributed by atoms with Crippen molar-refractivity contribution in [1.82, 2.24) is 0 Å². The third kappa shape index (κ3) is 2.07. The Bertz CT molecular complexity index is 399. The van der Waals surface area contributed by atoms with Crippen LogP contribution in [0.2, 0.25) is 5.02 Å². The summed E-state index contributed by atoms with van der Waals surface area (Å²) in [4.78, 5) is 11.3. The van der Waals surface area contributed by atoms with Gasteiger partial charge in [0, 0.05) is 5.56 Å². The zero-order chi connectivity index (χ0) is 11.6. The van der Waals surface area contributed by atoms with Crippen LogP contribution in [0.15, 0.2) is 6.07 Å². The average molecular weight is 229 g/mol. The molecule has 0 aliphatic rings. The number of ether oxygens (including phenoxy) is 2. The van der Waals surface area contributed by atoms with Gasteiger partial charge in [0.1, 0.15) is 0 Å². The molecule has 0 saturated heterocycles. The molecule has 3 nitrogen and oxygen atoms in total. The van der Waals surface area contributed by atoms with Gasteiger partial charge in [-0.15, -0.1) is 0 Å². The lowest BCUT2D eigenvalue weighted by Crippen LogP contribution is -2.01. The minimum atomic E-state index is -0.0460. The Labute approximate surface area is 93.9 Å². The molecular weight excluding hydrogens is 216 g/mol. The minimum absolute atomic E-state index is 0.0460. The highest BCUT2D eigenvalue weighted by molar-refractivity contribution is 6.33. The molecule has 1 rings (SSSR count). The lowest BCUT2D eigenvalue weighted by molar-refractivity contribution is 0.101. The highest BCUT2D eigenvalue weighted by Crippen LogP contribution is 2.39. The molecule has 0 aromatic heterocycles. The molecule has 0 atom stereocenters. The van der Waals surface area contributed by atoms with Crippen LogP contribution in [0.25, 0.3) is 0 Å². The second kappa shape index (κ2) is 4.53. The van der Waals surface area contributed by atoms with Crippen LogP contribution in [-0.2, 0) is 0 Å². The summed E-state index contributed by atoms with van der Waals surface area (Å²) in [6.07, 6.45) is 0. The van der Waals surface area contributed by atoms with Crippen LogP contribution in [0, 0.1) is 6.92 Å². The molecule has 0 radical (unpaired) electrons. The first-order valence-corrected chi connectivity index (χ1v) is 4.82. The van der Waals surface area contributed by atoms with Crippen LogP contribution in [-0.4, -0.2) is 20.0 Å². The van der Waals surface area contributed by atoms with E-state index in [0.717, 1.165) is 0 Å². The van der Waals surface area contributed by atoms with E-state index >= 15 is 0 Å². The fourth-order valence-electron chi connectivity index (χ4n) is 1.41. The summed E-state index contributed by atoms with van der Waals surface area (Å²) >= 11 is 6.07. The summed E-state index contributed by atoms with van der Waals surface area (Å²) in [5.74, 6) is 0.885. The normalized spacial score (nSPS) is 9.93. The molecule has 15 heavy (non-hydrogen) atoms. The van der Waals surface area contributed by atoms with E-state index in [0.29, 0.717) is 27.6 Å². The summed E-state index contributed by atoms with van der Waals surface area (Å²) < 4.78 is 10.2. The van der Waals surface area contributed by atoms with Gasteiger partial charge in [-0.2, -0.15) is 0 Å². The van der Waals surface area contributed by atoms with Crippen LogP contribution < -0.4 is 9.47 Å². The number of benzene rings is 1. The Hall–Kier alpha value is -1.22.